The maximum atomic E-state index is 10.7. The monoisotopic (exact) mass is 540 g/mol. The molecule has 9 nitrogen and oxygen atoms in total. The molecule has 0 radical (unpaired) electrons. The summed E-state index contributed by atoms with van der Waals surface area (Å²) in [6, 6.07) is 5.64. The SMILES string of the molecule is Cc1nc(NCC(C)(C)c2cccs2)nc(N[C@@H]2C[C@H](CO)[C@@H](O)[C@H]2O)c1-c1nc2c(C)nccc2s1. The van der Waals surface area contributed by atoms with Gasteiger partial charge >= 0.3 is 0 Å². The quantitative estimate of drug-likeness (QED) is 0.226. The molecule has 4 atom stereocenters. The van der Waals surface area contributed by atoms with Crippen molar-refractivity contribution in [3.05, 3.63) is 46.0 Å². The number of aliphatic hydroxyl groups is 3. The summed E-state index contributed by atoms with van der Waals surface area (Å²) >= 11 is 3.26. The molecule has 1 aliphatic rings. The van der Waals surface area contributed by atoms with Crippen molar-refractivity contribution in [1.82, 2.24) is 19.9 Å². The van der Waals surface area contributed by atoms with Crippen molar-refractivity contribution in [2.45, 2.75) is 57.8 Å². The van der Waals surface area contributed by atoms with Crippen molar-refractivity contribution < 1.29 is 15.3 Å². The highest BCUT2D eigenvalue weighted by Crippen LogP contribution is 2.38. The normalized spacial score (nSPS) is 22.0. The lowest BCUT2D eigenvalue weighted by Crippen LogP contribution is -2.36. The molecule has 196 valence electrons. The van der Waals surface area contributed by atoms with Crippen LogP contribution in [0.4, 0.5) is 11.8 Å². The summed E-state index contributed by atoms with van der Waals surface area (Å²) in [5.74, 6) is 0.599. The molecule has 37 heavy (non-hydrogen) atoms. The Morgan fingerprint density at radius 2 is 1.89 bits per heavy atom. The molecule has 0 unspecified atom stereocenters. The van der Waals surface area contributed by atoms with Crippen molar-refractivity contribution in [2.75, 3.05) is 23.8 Å². The lowest BCUT2D eigenvalue weighted by Gasteiger charge is -2.25. The number of nitrogens with one attached hydrogen (secondary N) is 2. The van der Waals surface area contributed by atoms with Crippen LogP contribution in [0.2, 0.25) is 0 Å². The Hall–Kier alpha value is -2.70. The molecule has 4 aromatic heterocycles. The Morgan fingerprint density at radius 1 is 1.08 bits per heavy atom. The van der Waals surface area contributed by atoms with Crippen LogP contribution in [0.15, 0.2) is 29.8 Å². The van der Waals surface area contributed by atoms with Gasteiger partial charge in [0.1, 0.15) is 22.4 Å². The van der Waals surface area contributed by atoms with Crippen molar-refractivity contribution in [3.8, 4) is 10.6 Å². The third kappa shape index (κ3) is 5.06. The lowest BCUT2D eigenvalue weighted by molar-refractivity contribution is 0.00446. The van der Waals surface area contributed by atoms with E-state index >= 15 is 0 Å². The molecular formula is C26H32N6O3S2. The fraction of sp³-hybridized carbons (Fsp3) is 0.462. The summed E-state index contributed by atoms with van der Waals surface area (Å²) < 4.78 is 1.02. The van der Waals surface area contributed by atoms with Gasteiger partial charge in [0.25, 0.3) is 0 Å². The zero-order valence-corrected chi connectivity index (χ0v) is 22.9. The van der Waals surface area contributed by atoms with Gasteiger partial charge in [-0.15, -0.1) is 22.7 Å². The minimum Gasteiger partial charge on any atom is -0.396 e. The number of hydrogen-bond donors (Lipinski definition) is 5. The predicted molar refractivity (Wildman–Crippen MR) is 148 cm³/mol. The zero-order valence-electron chi connectivity index (χ0n) is 21.3. The van der Waals surface area contributed by atoms with E-state index in [0.717, 1.165) is 32.2 Å². The largest absolute Gasteiger partial charge is 0.396 e. The molecule has 0 bridgehead atoms. The summed E-state index contributed by atoms with van der Waals surface area (Å²) in [5.41, 5.74) is 3.06. The van der Waals surface area contributed by atoms with E-state index in [1.807, 2.05) is 19.9 Å². The Bertz CT molecular complexity index is 1390. The van der Waals surface area contributed by atoms with Gasteiger partial charge in [-0.2, -0.15) is 4.98 Å². The highest BCUT2D eigenvalue weighted by Gasteiger charge is 2.41. The van der Waals surface area contributed by atoms with E-state index in [1.54, 1.807) is 17.5 Å². The maximum Gasteiger partial charge on any atom is 0.224 e. The molecular weight excluding hydrogens is 508 g/mol. The van der Waals surface area contributed by atoms with Crippen LogP contribution in [0.1, 0.15) is 36.5 Å². The number of nitrogens with zero attached hydrogens (tertiary/aromatic N) is 4. The second-order valence-electron chi connectivity index (χ2n) is 10.2. The number of aryl methyl sites for hydroxylation is 2. The number of rotatable bonds is 8. The molecule has 5 rings (SSSR count). The fourth-order valence-electron chi connectivity index (χ4n) is 4.78. The molecule has 0 aromatic carbocycles. The predicted octanol–water partition coefficient (Wildman–Crippen LogP) is 3.73. The first kappa shape index (κ1) is 25.9. The van der Waals surface area contributed by atoms with Crippen LogP contribution in [0.5, 0.6) is 0 Å². The Morgan fingerprint density at radius 3 is 2.57 bits per heavy atom. The van der Waals surface area contributed by atoms with Gasteiger partial charge in [0.2, 0.25) is 5.95 Å². The summed E-state index contributed by atoms with van der Waals surface area (Å²) in [6.45, 7) is 8.65. The maximum absolute atomic E-state index is 10.7. The molecule has 1 saturated carbocycles. The van der Waals surface area contributed by atoms with Gasteiger partial charge in [0.05, 0.1) is 33.8 Å². The number of pyridine rings is 1. The number of aromatic nitrogens is 4. The summed E-state index contributed by atoms with van der Waals surface area (Å²) in [4.78, 5) is 20.1. The van der Waals surface area contributed by atoms with Crippen LogP contribution in [0.25, 0.3) is 20.8 Å². The lowest BCUT2D eigenvalue weighted by atomic mass is 9.91. The van der Waals surface area contributed by atoms with E-state index in [9.17, 15) is 15.3 Å². The van der Waals surface area contributed by atoms with Crippen LogP contribution in [0, 0.1) is 19.8 Å². The van der Waals surface area contributed by atoms with Crippen molar-refractivity contribution in [2.24, 2.45) is 5.92 Å². The molecule has 0 saturated heterocycles. The van der Waals surface area contributed by atoms with Crippen LogP contribution >= 0.6 is 22.7 Å². The number of aliphatic hydroxyl groups excluding tert-OH is 3. The first-order valence-corrected chi connectivity index (χ1v) is 14.0. The van der Waals surface area contributed by atoms with E-state index in [4.69, 9.17) is 15.0 Å². The number of thiazole rings is 1. The molecule has 0 aliphatic heterocycles. The average Bonchev–Trinajstić information content (AvgIpc) is 3.60. The van der Waals surface area contributed by atoms with E-state index in [-0.39, 0.29) is 12.0 Å². The number of hydrogen-bond acceptors (Lipinski definition) is 11. The Kier molecular flexibility index (Phi) is 7.16. The van der Waals surface area contributed by atoms with Gasteiger partial charge in [0.15, 0.2) is 0 Å². The van der Waals surface area contributed by atoms with Gasteiger partial charge in [0, 0.05) is 35.6 Å². The minimum absolute atomic E-state index is 0.116. The topological polar surface area (TPSA) is 136 Å². The highest BCUT2D eigenvalue weighted by molar-refractivity contribution is 7.21. The fourth-order valence-corrected chi connectivity index (χ4v) is 6.74. The van der Waals surface area contributed by atoms with Crippen LogP contribution in [-0.4, -0.2) is 66.7 Å². The first-order chi connectivity index (χ1) is 17.7. The average molecular weight is 541 g/mol. The van der Waals surface area contributed by atoms with E-state index in [1.165, 1.54) is 16.2 Å². The van der Waals surface area contributed by atoms with Crippen LogP contribution in [-0.2, 0) is 5.41 Å². The van der Waals surface area contributed by atoms with Gasteiger partial charge in [-0.1, -0.05) is 19.9 Å². The molecule has 5 N–H and O–H groups in total. The third-order valence-electron chi connectivity index (χ3n) is 7.03. The summed E-state index contributed by atoms with van der Waals surface area (Å²) in [7, 11) is 0. The van der Waals surface area contributed by atoms with E-state index in [0.29, 0.717) is 24.7 Å². The summed E-state index contributed by atoms with van der Waals surface area (Å²) in [6.07, 6.45) is 0.152. The molecule has 4 aromatic rings. The zero-order chi connectivity index (χ0) is 26.3. The second kappa shape index (κ2) is 10.2. The second-order valence-corrected chi connectivity index (χ2v) is 12.2. The minimum atomic E-state index is -1.03. The smallest absolute Gasteiger partial charge is 0.224 e. The molecule has 11 heteroatoms. The molecule has 4 heterocycles. The third-order valence-corrected chi connectivity index (χ3v) is 9.30. The molecule has 1 fully saturated rings. The Balaban J connectivity index is 1.52. The van der Waals surface area contributed by atoms with Crippen LogP contribution in [0.3, 0.4) is 0 Å². The van der Waals surface area contributed by atoms with Gasteiger partial charge < -0.3 is 26.0 Å². The van der Waals surface area contributed by atoms with Crippen molar-refractivity contribution in [3.63, 3.8) is 0 Å². The summed E-state index contributed by atoms with van der Waals surface area (Å²) in [5, 5.41) is 40.3. The standard InChI is InChI=1S/C26H32N6O3S2/c1-13-19(24-31-20-14(2)27-8-7-17(20)37-24)23(30-16-10-15(11-33)21(34)22(16)35)32-25(29-13)28-12-26(3,4)18-6-5-9-36-18/h5-9,15-16,21-22,33-35H,10-12H2,1-4H3,(H2,28,29,30,32)/t15-,16-,21-,22+/m1/s1. The van der Waals surface area contributed by atoms with E-state index in [2.05, 4.69) is 47.0 Å². The highest BCUT2D eigenvalue weighted by atomic mass is 32.1. The van der Waals surface area contributed by atoms with Crippen molar-refractivity contribution in [1.29, 1.82) is 0 Å². The van der Waals surface area contributed by atoms with E-state index < -0.39 is 24.2 Å². The molecule has 0 amide bonds. The van der Waals surface area contributed by atoms with Gasteiger partial charge in [-0.3, -0.25) is 4.98 Å². The van der Waals surface area contributed by atoms with Gasteiger partial charge in [-0.05, 0) is 37.8 Å². The molecule has 1 aliphatic carbocycles. The number of fused-ring (bicyclic) bond motifs is 1. The number of thiophene rings is 1. The van der Waals surface area contributed by atoms with Crippen LogP contribution < -0.4 is 10.6 Å². The van der Waals surface area contributed by atoms with Crippen molar-refractivity contribution >= 4 is 44.7 Å². The number of anilines is 2. The molecule has 0 spiro atoms. The first-order valence-electron chi connectivity index (χ1n) is 12.3. The Labute approximate surface area is 223 Å². The van der Waals surface area contributed by atoms with Gasteiger partial charge in [-0.25, -0.2) is 9.97 Å².